The maximum atomic E-state index is 12.8. The van der Waals surface area contributed by atoms with Crippen LogP contribution in [0.15, 0.2) is 47.1 Å². The Morgan fingerprint density at radius 3 is 2.66 bits per heavy atom. The van der Waals surface area contributed by atoms with Crippen molar-refractivity contribution in [2.24, 2.45) is 0 Å². The Hall–Kier alpha value is -3.08. The third-order valence-corrected chi connectivity index (χ3v) is 5.70. The SMILES string of the molecule is Cc1cc2occ(CC(=O)O[C@H](C)C(=O)N3CCc4ccccc4C3)c2cc1C. The number of fused-ring (bicyclic) bond motifs is 2. The smallest absolute Gasteiger partial charge is 0.311 e. The lowest BCUT2D eigenvalue weighted by Crippen LogP contribution is -2.42. The van der Waals surface area contributed by atoms with E-state index in [4.69, 9.17) is 9.15 Å². The van der Waals surface area contributed by atoms with Crippen LogP contribution in [0.1, 0.15) is 34.7 Å². The Morgan fingerprint density at radius 1 is 1.14 bits per heavy atom. The van der Waals surface area contributed by atoms with E-state index in [1.54, 1.807) is 18.1 Å². The van der Waals surface area contributed by atoms with E-state index >= 15 is 0 Å². The third kappa shape index (κ3) is 3.90. The molecule has 0 unspecified atom stereocenters. The standard InChI is InChI=1S/C24H25NO4/c1-15-10-21-20(14-28-22(21)11-16(15)2)12-23(26)29-17(3)24(27)25-9-8-18-6-4-5-7-19(18)13-25/h4-7,10-11,14,17H,8-9,12-13H2,1-3H3/t17-/m1/s1. The summed E-state index contributed by atoms with van der Waals surface area (Å²) in [5.74, 6) is -0.583. The predicted octanol–water partition coefficient (Wildman–Crippen LogP) is 4.11. The number of hydrogen-bond donors (Lipinski definition) is 0. The highest BCUT2D eigenvalue weighted by Gasteiger charge is 2.27. The van der Waals surface area contributed by atoms with Crippen molar-refractivity contribution in [1.29, 1.82) is 0 Å². The molecule has 0 aliphatic carbocycles. The van der Waals surface area contributed by atoms with Crippen molar-refractivity contribution in [1.82, 2.24) is 4.90 Å². The maximum absolute atomic E-state index is 12.8. The molecule has 5 nitrogen and oxygen atoms in total. The van der Waals surface area contributed by atoms with Crippen molar-refractivity contribution in [3.63, 3.8) is 0 Å². The van der Waals surface area contributed by atoms with Gasteiger partial charge in [-0.05, 0) is 61.6 Å². The summed E-state index contributed by atoms with van der Waals surface area (Å²) in [7, 11) is 0. The molecule has 0 saturated heterocycles. The number of ether oxygens (including phenoxy) is 1. The Labute approximate surface area is 170 Å². The first-order valence-electron chi connectivity index (χ1n) is 9.94. The average molecular weight is 391 g/mol. The van der Waals surface area contributed by atoms with Gasteiger partial charge in [0.25, 0.3) is 5.91 Å². The molecule has 4 rings (SSSR count). The summed E-state index contributed by atoms with van der Waals surface area (Å²) >= 11 is 0. The minimum absolute atomic E-state index is 0.0793. The van der Waals surface area contributed by atoms with Crippen LogP contribution in [0, 0.1) is 13.8 Å². The van der Waals surface area contributed by atoms with E-state index in [9.17, 15) is 9.59 Å². The summed E-state index contributed by atoms with van der Waals surface area (Å²) in [5.41, 5.74) is 6.25. The first kappa shape index (κ1) is 19.2. The lowest BCUT2D eigenvalue weighted by Gasteiger charge is -2.30. The minimum atomic E-state index is -0.810. The second-order valence-corrected chi connectivity index (χ2v) is 7.78. The van der Waals surface area contributed by atoms with E-state index in [-0.39, 0.29) is 12.3 Å². The Kier molecular flexibility index (Phi) is 5.14. The molecular weight excluding hydrogens is 366 g/mol. The number of furan rings is 1. The molecule has 1 aliphatic heterocycles. The first-order valence-corrected chi connectivity index (χ1v) is 9.94. The molecule has 5 heteroatoms. The number of hydrogen-bond acceptors (Lipinski definition) is 4. The predicted molar refractivity (Wildman–Crippen MR) is 111 cm³/mol. The Balaban J connectivity index is 1.40. The van der Waals surface area contributed by atoms with Crippen LogP contribution in [0.5, 0.6) is 0 Å². The van der Waals surface area contributed by atoms with Gasteiger partial charge in [0.05, 0.1) is 12.7 Å². The van der Waals surface area contributed by atoms with Crippen LogP contribution in [-0.4, -0.2) is 29.4 Å². The maximum Gasteiger partial charge on any atom is 0.311 e. The molecular formula is C24H25NO4. The Bertz CT molecular complexity index is 1080. The number of rotatable bonds is 4. The van der Waals surface area contributed by atoms with Crippen molar-refractivity contribution in [3.05, 3.63) is 70.5 Å². The summed E-state index contributed by atoms with van der Waals surface area (Å²) < 4.78 is 11.0. The first-order chi connectivity index (χ1) is 13.9. The van der Waals surface area contributed by atoms with Crippen molar-refractivity contribution in [3.8, 4) is 0 Å². The zero-order valence-corrected chi connectivity index (χ0v) is 17.0. The molecule has 3 aromatic rings. The molecule has 0 N–H and O–H groups in total. The van der Waals surface area contributed by atoms with Gasteiger partial charge in [-0.15, -0.1) is 0 Å². The third-order valence-electron chi connectivity index (χ3n) is 5.70. The van der Waals surface area contributed by atoms with Crippen molar-refractivity contribution in [2.75, 3.05) is 6.54 Å². The van der Waals surface area contributed by atoms with Gasteiger partial charge in [0.2, 0.25) is 0 Å². The molecule has 0 bridgehead atoms. The Morgan fingerprint density at radius 2 is 1.86 bits per heavy atom. The molecule has 29 heavy (non-hydrogen) atoms. The molecule has 1 aromatic heterocycles. The van der Waals surface area contributed by atoms with Crippen LogP contribution < -0.4 is 0 Å². The summed E-state index contributed by atoms with van der Waals surface area (Å²) in [6.45, 7) is 6.89. The molecule has 1 atom stereocenters. The van der Waals surface area contributed by atoms with E-state index in [1.165, 1.54) is 5.56 Å². The topological polar surface area (TPSA) is 59.8 Å². The fourth-order valence-electron chi connectivity index (χ4n) is 3.86. The molecule has 1 aliphatic rings. The van der Waals surface area contributed by atoms with E-state index in [0.717, 1.165) is 39.6 Å². The zero-order chi connectivity index (χ0) is 20.5. The van der Waals surface area contributed by atoms with Gasteiger partial charge in [-0.3, -0.25) is 9.59 Å². The number of amides is 1. The lowest BCUT2D eigenvalue weighted by molar-refractivity contribution is -0.159. The molecule has 2 aromatic carbocycles. The highest BCUT2D eigenvalue weighted by molar-refractivity contribution is 5.88. The molecule has 0 radical (unpaired) electrons. The second kappa shape index (κ2) is 7.74. The van der Waals surface area contributed by atoms with E-state index in [2.05, 4.69) is 6.07 Å². The molecule has 0 fully saturated rings. The summed E-state index contributed by atoms with van der Waals surface area (Å²) in [5, 5.41) is 0.914. The van der Waals surface area contributed by atoms with Crippen LogP contribution >= 0.6 is 0 Å². The minimum Gasteiger partial charge on any atom is -0.464 e. The highest BCUT2D eigenvalue weighted by Crippen LogP contribution is 2.25. The molecule has 150 valence electrons. The van der Waals surface area contributed by atoms with Crippen LogP contribution in [0.4, 0.5) is 0 Å². The van der Waals surface area contributed by atoms with Gasteiger partial charge in [0.15, 0.2) is 6.10 Å². The summed E-state index contributed by atoms with van der Waals surface area (Å²) in [6.07, 6.45) is 1.69. The number of aryl methyl sites for hydroxylation is 2. The van der Waals surface area contributed by atoms with Crippen molar-refractivity contribution in [2.45, 2.75) is 46.3 Å². The van der Waals surface area contributed by atoms with Gasteiger partial charge in [0, 0.05) is 24.0 Å². The fourth-order valence-corrected chi connectivity index (χ4v) is 3.86. The highest BCUT2D eigenvalue weighted by atomic mass is 16.5. The van der Waals surface area contributed by atoms with Crippen LogP contribution in [0.2, 0.25) is 0 Å². The number of benzene rings is 2. The molecule has 1 amide bonds. The van der Waals surface area contributed by atoms with E-state index < -0.39 is 12.1 Å². The summed E-state index contributed by atoms with van der Waals surface area (Å²) in [4.78, 5) is 27.0. The van der Waals surface area contributed by atoms with Crippen LogP contribution in [0.25, 0.3) is 11.0 Å². The normalized spacial score (nSPS) is 14.5. The monoisotopic (exact) mass is 391 g/mol. The lowest BCUT2D eigenvalue weighted by atomic mass is 9.99. The quantitative estimate of drug-likeness (QED) is 0.628. The van der Waals surface area contributed by atoms with E-state index in [1.807, 2.05) is 44.2 Å². The zero-order valence-electron chi connectivity index (χ0n) is 17.0. The number of nitrogens with zero attached hydrogens (tertiary/aromatic N) is 1. The van der Waals surface area contributed by atoms with Gasteiger partial charge < -0.3 is 14.1 Å². The van der Waals surface area contributed by atoms with Crippen LogP contribution in [-0.2, 0) is 33.7 Å². The summed E-state index contributed by atoms with van der Waals surface area (Å²) in [6, 6.07) is 12.1. The van der Waals surface area contributed by atoms with Crippen molar-refractivity contribution < 1.29 is 18.7 Å². The second-order valence-electron chi connectivity index (χ2n) is 7.78. The molecule has 2 heterocycles. The average Bonchev–Trinajstić information content (AvgIpc) is 3.08. The number of carbonyl (C=O) groups excluding carboxylic acids is 2. The molecule has 0 spiro atoms. The van der Waals surface area contributed by atoms with Crippen molar-refractivity contribution >= 4 is 22.8 Å². The van der Waals surface area contributed by atoms with Gasteiger partial charge in [-0.1, -0.05) is 24.3 Å². The van der Waals surface area contributed by atoms with E-state index in [0.29, 0.717) is 13.1 Å². The largest absolute Gasteiger partial charge is 0.464 e. The number of esters is 1. The van der Waals surface area contributed by atoms with Gasteiger partial charge in [-0.25, -0.2) is 0 Å². The van der Waals surface area contributed by atoms with Gasteiger partial charge >= 0.3 is 5.97 Å². The van der Waals surface area contributed by atoms with Crippen LogP contribution in [0.3, 0.4) is 0 Å². The van der Waals surface area contributed by atoms with Gasteiger partial charge in [-0.2, -0.15) is 0 Å². The molecule has 0 saturated carbocycles. The number of carbonyl (C=O) groups is 2. The van der Waals surface area contributed by atoms with Gasteiger partial charge in [0.1, 0.15) is 5.58 Å². The fraction of sp³-hybridized carbons (Fsp3) is 0.333.